The van der Waals surface area contributed by atoms with Crippen molar-refractivity contribution in [1.82, 2.24) is 0 Å². The van der Waals surface area contributed by atoms with Crippen molar-refractivity contribution in [1.29, 1.82) is 0 Å². The van der Waals surface area contributed by atoms with E-state index in [0.29, 0.717) is 12.0 Å². The Morgan fingerprint density at radius 3 is 2.24 bits per heavy atom. The molecule has 0 saturated heterocycles. The van der Waals surface area contributed by atoms with Gasteiger partial charge in [0, 0.05) is 10.5 Å². The zero-order valence-electron chi connectivity index (χ0n) is 12.9. The Morgan fingerprint density at radius 2 is 1.62 bits per heavy atom. The van der Waals surface area contributed by atoms with Gasteiger partial charge in [-0.15, -0.1) is 0 Å². The molecule has 1 nitrogen and oxygen atoms in total. The van der Waals surface area contributed by atoms with Crippen molar-refractivity contribution < 1.29 is 0 Å². The van der Waals surface area contributed by atoms with Gasteiger partial charge >= 0.3 is 0 Å². The number of benzene rings is 2. The minimum absolute atomic E-state index is 0.592. The van der Waals surface area contributed by atoms with Crippen LogP contribution < -0.4 is 5.32 Å². The normalized spacial score (nSPS) is 21.0. The molecule has 0 heterocycles. The van der Waals surface area contributed by atoms with Crippen molar-refractivity contribution in [3.63, 3.8) is 0 Å². The van der Waals surface area contributed by atoms with E-state index in [4.69, 9.17) is 0 Å². The van der Waals surface area contributed by atoms with Gasteiger partial charge in [0.05, 0.1) is 5.69 Å². The maximum absolute atomic E-state index is 3.71. The SMILES string of the molecule is Cc1ccc(C2CC(Nc3c(C)cc(C)cc3Br)C2)cc1. The summed E-state index contributed by atoms with van der Waals surface area (Å²) in [5, 5.41) is 3.71. The van der Waals surface area contributed by atoms with Gasteiger partial charge in [-0.3, -0.25) is 0 Å². The van der Waals surface area contributed by atoms with Crippen LogP contribution in [-0.4, -0.2) is 6.04 Å². The quantitative estimate of drug-likeness (QED) is 0.749. The Balaban J connectivity index is 1.64. The number of nitrogens with one attached hydrogen (secondary N) is 1. The average Bonchev–Trinajstić information content (AvgIpc) is 2.37. The molecular weight excluding hydrogens is 322 g/mol. The Kier molecular flexibility index (Phi) is 4.08. The summed E-state index contributed by atoms with van der Waals surface area (Å²) < 4.78 is 1.18. The standard InChI is InChI=1S/C19H22BrN/c1-12-4-6-15(7-5-12)16-10-17(11-16)21-19-14(3)8-13(2)9-18(19)20/h4-9,16-17,21H,10-11H2,1-3H3. The molecular formula is C19H22BrN. The van der Waals surface area contributed by atoms with Gasteiger partial charge in [0.25, 0.3) is 0 Å². The predicted molar refractivity (Wildman–Crippen MR) is 94.2 cm³/mol. The fourth-order valence-electron chi connectivity index (χ4n) is 3.15. The van der Waals surface area contributed by atoms with Crippen LogP contribution in [0.15, 0.2) is 40.9 Å². The highest BCUT2D eigenvalue weighted by molar-refractivity contribution is 9.10. The summed E-state index contributed by atoms with van der Waals surface area (Å²) in [7, 11) is 0. The van der Waals surface area contributed by atoms with Gasteiger partial charge in [-0.2, -0.15) is 0 Å². The maximum atomic E-state index is 3.71. The van der Waals surface area contributed by atoms with Crippen molar-refractivity contribution >= 4 is 21.6 Å². The second-order valence-electron chi connectivity index (χ2n) is 6.36. The highest BCUT2D eigenvalue weighted by atomic mass is 79.9. The lowest BCUT2D eigenvalue weighted by molar-refractivity contribution is 0.374. The molecule has 2 aromatic carbocycles. The zero-order valence-corrected chi connectivity index (χ0v) is 14.5. The zero-order chi connectivity index (χ0) is 15.0. The molecule has 2 aromatic rings. The topological polar surface area (TPSA) is 12.0 Å². The van der Waals surface area contributed by atoms with E-state index in [9.17, 15) is 0 Å². The molecule has 0 amide bonds. The molecule has 0 unspecified atom stereocenters. The number of rotatable bonds is 3. The van der Waals surface area contributed by atoms with Gasteiger partial charge < -0.3 is 5.32 Å². The molecule has 1 fully saturated rings. The first-order valence-corrected chi connectivity index (χ1v) is 8.42. The number of aryl methyl sites for hydroxylation is 3. The third kappa shape index (κ3) is 3.16. The van der Waals surface area contributed by atoms with Crippen molar-refractivity contribution in [2.45, 2.75) is 45.6 Å². The molecule has 0 radical (unpaired) electrons. The van der Waals surface area contributed by atoms with E-state index < -0.39 is 0 Å². The molecule has 1 N–H and O–H groups in total. The van der Waals surface area contributed by atoms with Gasteiger partial charge in [-0.25, -0.2) is 0 Å². The maximum Gasteiger partial charge on any atom is 0.0516 e. The molecule has 0 aromatic heterocycles. The summed E-state index contributed by atoms with van der Waals surface area (Å²) in [6, 6.07) is 14.0. The van der Waals surface area contributed by atoms with Crippen LogP contribution in [0.5, 0.6) is 0 Å². The van der Waals surface area contributed by atoms with Crippen LogP contribution >= 0.6 is 15.9 Å². The van der Waals surface area contributed by atoms with E-state index in [2.05, 4.69) is 78.4 Å². The van der Waals surface area contributed by atoms with Gasteiger partial charge in [-0.05, 0) is 78.2 Å². The molecule has 0 bridgehead atoms. The monoisotopic (exact) mass is 343 g/mol. The van der Waals surface area contributed by atoms with Gasteiger partial charge in [0.1, 0.15) is 0 Å². The van der Waals surface area contributed by atoms with Crippen LogP contribution in [0.4, 0.5) is 5.69 Å². The number of halogens is 1. The first kappa shape index (κ1) is 14.6. The highest BCUT2D eigenvalue weighted by Gasteiger charge is 2.30. The molecule has 0 atom stereocenters. The van der Waals surface area contributed by atoms with E-state index in [1.54, 1.807) is 0 Å². The third-order valence-electron chi connectivity index (χ3n) is 4.47. The molecule has 21 heavy (non-hydrogen) atoms. The Morgan fingerprint density at radius 1 is 0.952 bits per heavy atom. The van der Waals surface area contributed by atoms with Gasteiger partial charge in [-0.1, -0.05) is 35.9 Å². The summed E-state index contributed by atoms with van der Waals surface area (Å²) in [6.07, 6.45) is 2.45. The number of hydrogen-bond donors (Lipinski definition) is 1. The fraction of sp³-hybridized carbons (Fsp3) is 0.368. The first-order chi connectivity index (χ1) is 10.0. The second kappa shape index (κ2) is 5.84. The summed E-state index contributed by atoms with van der Waals surface area (Å²) in [5.41, 5.74) is 6.70. The Bertz CT molecular complexity index is 616. The Hall–Kier alpha value is -1.28. The summed E-state index contributed by atoms with van der Waals surface area (Å²) in [6.45, 7) is 6.46. The van der Waals surface area contributed by atoms with Crippen molar-refractivity contribution in [3.05, 3.63) is 63.1 Å². The van der Waals surface area contributed by atoms with Crippen molar-refractivity contribution in [2.75, 3.05) is 5.32 Å². The molecule has 0 aliphatic heterocycles. The van der Waals surface area contributed by atoms with Crippen LogP contribution in [0.1, 0.15) is 41.0 Å². The summed E-state index contributed by atoms with van der Waals surface area (Å²) in [5.74, 6) is 0.715. The van der Waals surface area contributed by atoms with Crippen LogP contribution in [-0.2, 0) is 0 Å². The molecule has 0 spiro atoms. The van der Waals surface area contributed by atoms with E-state index in [1.165, 1.54) is 45.3 Å². The van der Waals surface area contributed by atoms with Crippen LogP contribution in [0.2, 0.25) is 0 Å². The lowest BCUT2D eigenvalue weighted by Gasteiger charge is -2.37. The highest BCUT2D eigenvalue weighted by Crippen LogP contribution is 2.40. The first-order valence-electron chi connectivity index (χ1n) is 7.63. The molecule has 1 saturated carbocycles. The number of anilines is 1. The van der Waals surface area contributed by atoms with Crippen LogP contribution in [0.3, 0.4) is 0 Å². The minimum Gasteiger partial charge on any atom is -0.381 e. The second-order valence-corrected chi connectivity index (χ2v) is 7.21. The molecule has 2 heteroatoms. The largest absolute Gasteiger partial charge is 0.381 e. The summed E-state index contributed by atoms with van der Waals surface area (Å²) >= 11 is 3.69. The van der Waals surface area contributed by atoms with Gasteiger partial charge in [0.15, 0.2) is 0 Å². The molecule has 3 rings (SSSR count). The predicted octanol–water partition coefficient (Wildman–Crippen LogP) is 5.73. The fourth-order valence-corrected chi connectivity index (χ4v) is 3.94. The number of hydrogen-bond acceptors (Lipinski definition) is 1. The van der Waals surface area contributed by atoms with E-state index in [-0.39, 0.29) is 0 Å². The smallest absolute Gasteiger partial charge is 0.0516 e. The van der Waals surface area contributed by atoms with E-state index in [1.807, 2.05) is 0 Å². The van der Waals surface area contributed by atoms with Crippen molar-refractivity contribution in [3.8, 4) is 0 Å². The minimum atomic E-state index is 0.592. The van der Waals surface area contributed by atoms with Crippen molar-refractivity contribution in [2.24, 2.45) is 0 Å². The van der Waals surface area contributed by atoms with E-state index in [0.717, 1.165) is 0 Å². The lowest BCUT2D eigenvalue weighted by atomic mass is 9.75. The third-order valence-corrected chi connectivity index (χ3v) is 5.09. The molecule has 1 aliphatic carbocycles. The van der Waals surface area contributed by atoms with Crippen LogP contribution in [0, 0.1) is 20.8 Å². The summed E-state index contributed by atoms with van der Waals surface area (Å²) in [4.78, 5) is 0. The van der Waals surface area contributed by atoms with Crippen LogP contribution in [0.25, 0.3) is 0 Å². The Labute approximate surface area is 135 Å². The van der Waals surface area contributed by atoms with Gasteiger partial charge in [0.2, 0.25) is 0 Å². The molecule has 1 aliphatic rings. The molecule has 110 valence electrons. The average molecular weight is 344 g/mol. The van der Waals surface area contributed by atoms with E-state index >= 15 is 0 Å². The lowest BCUT2D eigenvalue weighted by Crippen LogP contribution is -2.34.